The summed E-state index contributed by atoms with van der Waals surface area (Å²) in [6.45, 7) is 0.242. The molecule has 1 fully saturated rings. The molecule has 3 aromatic rings. The topological polar surface area (TPSA) is 104 Å². The number of halogens is 2. The number of nitrogens with zero attached hydrogens (tertiary/aromatic N) is 1. The first-order valence-electron chi connectivity index (χ1n) is 10.6. The molecule has 0 spiro atoms. The van der Waals surface area contributed by atoms with Gasteiger partial charge >= 0.3 is 5.97 Å². The summed E-state index contributed by atoms with van der Waals surface area (Å²) in [6.07, 6.45) is 4.78. The highest BCUT2D eigenvalue weighted by Crippen LogP contribution is 2.42. The summed E-state index contributed by atoms with van der Waals surface area (Å²) in [5.41, 5.74) is 2.82. The van der Waals surface area contributed by atoms with E-state index in [0.717, 1.165) is 42.1 Å². The van der Waals surface area contributed by atoms with Gasteiger partial charge in [0.1, 0.15) is 24.1 Å². The molecule has 178 valence electrons. The van der Waals surface area contributed by atoms with Crippen LogP contribution in [0.25, 0.3) is 11.1 Å². The van der Waals surface area contributed by atoms with E-state index < -0.39 is 17.2 Å². The molecular weight excluding hydrogens is 461 g/mol. The molecule has 0 saturated heterocycles. The molecule has 1 saturated carbocycles. The van der Waals surface area contributed by atoms with Gasteiger partial charge in [-0.1, -0.05) is 36.2 Å². The van der Waals surface area contributed by atoms with E-state index in [1.165, 1.54) is 12.1 Å². The SMILES string of the molecule is CNc1ccc(-c2ccc(OCC3(C(=O)ON)CCC3)nc2)cc1.O=Cc1ccc(Cl)c(F)c1. The number of nitrogens with two attached hydrogens (primary N) is 1. The number of hydrogen-bond acceptors (Lipinski definition) is 7. The Balaban J connectivity index is 0.000000271. The summed E-state index contributed by atoms with van der Waals surface area (Å²) in [4.78, 5) is 30.6. The van der Waals surface area contributed by atoms with Crippen LogP contribution >= 0.6 is 11.6 Å². The number of aldehydes is 1. The van der Waals surface area contributed by atoms with E-state index in [1.807, 2.05) is 43.4 Å². The normalized spacial score (nSPS) is 13.5. The Kier molecular flexibility index (Phi) is 8.56. The van der Waals surface area contributed by atoms with Crippen molar-refractivity contribution in [1.82, 2.24) is 4.98 Å². The van der Waals surface area contributed by atoms with Gasteiger partial charge in [-0.15, -0.1) is 0 Å². The average molecular weight is 486 g/mol. The maximum absolute atomic E-state index is 12.5. The first-order valence-corrected chi connectivity index (χ1v) is 11.0. The molecule has 9 heteroatoms. The van der Waals surface area contributed by atoms with Crippen LogP contribution in [-0.4, -0.2) is 30.9 Å². The number of nitrogens with one attached hydrogen (secondary N) is 1. The number of pyridine rings is 1. The second-order valence-electron chi connectivity index (χ2n) is 7.83. The van der Waals surface area contributed by atoms with E-state index in [0.29, 0.717) is 17.7 Å². The van der Waals surface area contributed by atoms with Crippen molar-refractivity contribution in [2.75, 3.05) is 19.0 Å². The second kappa shape index (κ2) is 11.6. The van der Waals surface area contributed by atoms with Gasteiger partial charge in [-0.05, 0) is 48.7 Å². The van der Waals surface area contributed by atoms with Gasteiger partial charge in [-0.3, -0.25) is 4.79 Å². The minimum atomic E-state index is -0.613. The van der Waals surface area contributed by atoms with E-state index in [2.05, 4.69) is 15.1 Å². The first-order chi connectivity index (χ1) is 16.4. The van der Waals surface area contributed by atoms with Crippen molar-refractivity contribution in [2.24, 2.45) is 11.3 Å². The molecule has 7 nitrogen and oxygen atoms in total. The lowest BCUT2D eigenvalue weighted by atomic mass is 9.69. The third-order valence-corrected chi connectivity index (χ3v) is 5.98. The highest BCUT2D eigenvalue weighted by atomic mass is 35.5. The molecule has 0 unspecified atom stereocenters. The standard InChI is InChI=1S/C18H21N3O3.C7H4ClFO/c1-20-15-6-3-13(4-7-15)14-5-8-16(21-11-14)23-12-18(9-2-10-18)17(22)24-19;8-6-2-1-5(4-10)3-7(6)9/h3-8,11,20H,2,9-10,12,19H2,1H3;1-4H. The minimum absolute atomic E-state index is 0.0330. The number of carbonyl (C=O) groups excluding carboxylic acids is 2. The van der Waals surface area contributed by atoms with Crippen LogP contribution < -0.4 is 16.0 Å². The molecule has 0 aliphatic heterocycles. The Morgan fingerprint density at radius 1 is 1.18 bits per heavy atom. The molecule has 2 aromatic carbocycles. The minimum Gasteiger partial charge on any atom is -0.476 e. The lowest BCUT2D eigenvalue weighted by molar-refractivity contribution is -0.165. The second-order valence-corrected chi connectivity index (χ2v) is 8.24. The smallest absolute Gasteiger partial charge is 0.334 e. The number of aromatic nitrogens is 1. The molecule has 1 aliphatic carbocycles. The maximum Gasteiger partial charge on any atom is 0.334 e. The Hall–Kier alpha value is -3.49. The van der Waals surface area contributed by atoms with Gasteiger partial charge in [-0.2, -0.15) is 5.90 Å². The van der Waals surface area contributed by atoms with E-state index in [1.54, 1.807) is 6.20 Å². The van der Waals surface area contributed by atoms with Crippen LogP contribution in [0.3, 0.4) is 0 Å². The molecule has 4 rings (SSSR count). The van der Waals surface area contributed by atoms with Crippen molar-refractivity contribution < 1.29 is 23.6 Å². The molecule has 0 amide bonds. The van der Waals surface area contributed by atoms with Gasteiger partial charge in [0.2, 0.25) is 5.88 Å². The van der Waals surface area contributed by atoms with Gasteiger partial charge in [0.05, 0.1) is 5.02 Å². The van der Waals surface area contributed by atoms with Crippen molar-refractivity contribution in [3.05, 3.63) is 77.2 Å². The van der Waals surface area contributed by atoms with Crippen LogP contribution in [0.1, 0.15) is 29.6 Å². The van der Waals surface area contributed by atoms with Crippen LogP contribution in [0.5, 0.6) is 5.88 Å². The zero-order valence-corrected chi connectivity index (χ0v) is 19.3. The zero-order chi connectivity index (χ0) is 24.6. The number of rotatable bonds is 7. The fraction of sp³-hybridized carbons (Fsp3) is 0.240. The summed E-state index contributed by atoms with van der Waals surface area (Å²) < 4.78 is 18.2. The van der Waals surface area contributed by atoms with E-state index in [-0.39, 0.29) is 11.6 Å². The fourth-order valence-corrected chi connectivity index (χ4v) is 3.52. The lowest BCUT2D eigenvalue weighted by Gasteiger charge is -2.37. The van der Waals surface area contributed by atoms with Crippen LogP contribution in [0.2, 0.25) is 5.02 Å². The monoisotopic (exact) mass is 485 g/mol. The highest BCUT2D eigenvalue weighted by Gasteiger charge is 2.46. The van der Waals surface area contributed by atoms with Gasteiger partial charge in [0.25, 0.3) is 0 Å². The third kappa shape index (κ3) is 6.09. The van der Waals surface area contributed by atoms with Gasteiger partial charge in [-0.25, -0.2) is 14.2 Å². The van der Waals surface area contributed by atoms with Crippen molar-refractivity contribution in [1.29, 1.82) is 0 Å². The first kappa shape index (κ1) is 25.1. The predicted octanol–water partition coefficient (Wildman–Crippen LogP) is 5.05. The summed E-state index contributed by atoms with van der Waals surface area (Å²) in [5.74, 6) is 4.53. The Bertz CT molecular complexity index is 1120. The quantitative estimate of drug-likeness (QED) is 0.356. The number of benzene rings is 2. The molecule has 0 bridgehead atoms. The molecule has 34 heavy (non-hydrogen) atoms. The van der Waals surface area contributed by atoms with Crippen LogP contribution in [0.4, 0.5) is 10.1 Å². The van der Waals surface area contributed by atoms with Crippen molar-refractivity contribution >= 4 is 29.5 Å². The number of carbonyl (C=O) groups is 2. The summed E-state index contributed by atoms with van der Waals surface area (Å²) >= 11 is 5.35. The number of anilines is 1. The molecule has 0 radical (unpaired) electrons. The van der Waals surface area contributed by atoms with E-state index in [9.17, 15) is 14.0 Å². The molecule has 3 N–H and O–H groups in total. The van der Waals surface area contributed by atoms with Crippen molar-refractivity contribution in [3.63, 3.8) is 0 Å². The molecule has 1 aromatic heterocycles. The van der Waals surface area contributed by atoms with Crippen molar-refractivity contribution in [3.8, 4) is 17.0 Å². The Morgan fingerprint density at radius 2 is 1.88 bits per heavy atom. The zero-order valence-electron chi connectivity index (χ0n) is 18.6. The average Bonchev–Trinajstić information content (AvgIpc) is 2.85. The van der Waals surface area contributed by atoms with Crippen LogP contribution in [0, 0.1) is 11.2 Å². The summed E-state index contributed by atoms with van der Waals surface area (Å²) in [6, 6.07) is 15.7. The van der Waals surface area contributed by atoms with Gasteiger partial charge < -0.3 is 14.9 Å². The lowest BCUT2D eigenvalue weighted by Crippen LogP contribution is -2.45. The Morgan fingerprint density at radius 3 is 2.38 bits per heavy atom. The van der Waals surface area contributed by atoms with E-state index in [4.69, 9.17) is 22.2 Å². The van der Waals surface area contributed by atoms with Crippen LogP contribution in [0.15, 0.2) is 60.8 Å². The fourth-order valence-electron chi connectivity index (χ4n) is 3.40. The predicted molar refractivity (Wildman–Crippen MR) is 128 cm³/mol. The number of ether oxygens (including phenoxy) is 1. The van der Waals surface area contributed by atoms with E-state index >= 15 is 0 Å². The van der Waals surface area contributed by atoms with Crippen molar-refractivity contribution in [2.45, 2.75) is 19.3 Å². The molecular formula is C25H25ClFN3O4. The maximum atomic E-state index is 12.5. The summed E-state index contributed by atoms with van der Waals surface area (Å²) in [7, 11) is 1.89. The molecule has 0 atom stereocenters. The van der Waals surface area contributed by atoms with Gasteiger partial charge in [0, 0.05) is 36.1 Å². The largest absolute Gasteiger partial charge is 0.476 e. The molecule has 1 aliphatic rings. The number of hydrogen-bond donors (Lipinski definition) is 2. The third-order valence-electron chi connectivity index (χ3n) is 5.67. The highest BCUT2D eigenvalue weighted by molar-refractivity contribution is 6.30. The summed E-state index contributed by atoms with van der Waals surface area (Å²) in [5, 5.41) is 3.12. The van der Waals surface area contributed by atoms with Crippen LogP contribution in [-0.2, 0) is 9.63 Å². The Labute approximate surface area is 202 Å². The van der Waals surface area contributed by atoms with Gasteiger partial charge in [0.15, 0.2) is 0 Å². The molecule has 1 heterocycles.